The van der Waals surface area contributed by atoms with Crippen LogP contribution in [0.3, 0.4) is 0 Å². The molecule has 1 aliphatic carbocycles. The first-order chi connectivity index (χ1) is 12.5. The van der Waals surface area contributed by atoms with E-state index in [4.69, 9.17) is 0 Å². The third kappa shape index (κ3) is 9.34. The van der Waals surface area contributed by atoms with Crippen molar-refractivity contribution < 1.29 is 0 Å². The molecule has 0 saturated heterocycles. The molecular weight excluding hydrogens is 332 g/mol. The van der Waals surface area contributed by atoms with Gasteiger partial charge in [-0.25, -0.2) is 0 Å². The van der Waals surface area contributed by atoms with Gasteiger partial charge >= 0.3 is 0 Å². The Morgan fingerprint density at radius 2 is 1.50 bits per heavy atom. The molecule has 0 fully saturated rings. The molecule has 0 aromatic carbocycles. The predicted octanol–water partition coefficient (Wildman–Crippen LogP) is 9.19. The van der Waals surface area contributed by atoms with Gasteiger partial charge < -0.3 is 0 Å². The molecule has 0 spiro atoms. The van der Waals surface area contributed by atoms with E-state index in [0.717, 1.165) is 11.2 Å². The summed E-state index contributed by atoms with van der Waals surface area (Å²) in [6, 6.07) is 0. The van der Waals surface area contributed by atoms with Gasteiger partial charge in [-0.1, -0.05) is 104 Å². The Labute approximate surface area is 170 Å². The van der Waals surface area contributed by atoms with Crippen LogP contribution in [0.2, 0.25) is 0 Å². The first-order valence-corrected chi connectivity index (χ1v) is 12.9. The zero-order valence-electron chi connectivity index (χ0n) is 18.7. The largest absolute Gasteiger partial charge is 0.158 e. The molecule has 0 aliphatic heterocycles. The molecule has 1 rings (SSSR count). The van der Waals surface area contributed by atoms with Gasteiger partial charge in [0, 0.05) is 5.25 Å². The van der Waals surface area contributed by atoms with Gasteiger partial charge in [0.1, 0.15) is 0 Å². The van der Waals surface area contributed by atoms with Crippen LogP contribution in [-0.4, -0.2) is 11.0 Å². The van der Waals surface area contributed by atoms with Gasteiger partial charge in [0.25, 0.3) is 0 Å². The number of allylic oxidation sites excluding steroid dienone is 2. The van der Waals surface area contributed by atoms with E-state index in [-0.39, 0.29) is 0 Å². The van der Waals surface area contributed by atoms with Crippen LogP contribution < -0.4 is 0 Å². The average molecular weight is 381 g/mol. The minimum absolute atomic E-state index is 0.490. The maximum atomic E-state index is 2.53. The van der Waals surface area contributed by atoms with Gasteiger partial charge in [-0.3, -0.25) is 0 Å². The molecule has 0 saturated carbocycles. The van der Waals surface area contributed by atoms with Gasteiger partial charge in [0.05, 0.1) is 0 Å². The highest BCUT2D eigenvalue weighted by molar-refractivity contribution is 7.99. The van der Waals surface area contributed by atoms with E-state index in [2.05, 4.69) is 52.5 Å². The summed E-state index contributed by atoms with van der Waals surface area (Å²) in [6.07, 6.45) is 22.4. The van der Waals surface area contributed by atoms with Crippen LogP contribution in [0.15, 0.2) is 11.6 Å². The smallest absolute Gasteiger partial charge is 0.0117 e. The zero-order valence-corrected chi connectivity index (χ0v) is 19.6. The summed E-state index contributed by atoms with van der Waals surface area (Å²) in [7, 11) is 0. The van der Waals surface area contributed by atoms with Gasteiger partial charge in [0.15, 0.2) is 0 Å². The molecule has 1 heteroatoms. The summed E-state index contributed by atoms with van der Waals surface area (Å²) in [4.78, 5) is 0. The first-order valence-electron chi connectivity index (χ1n) is 11.8. The number of rotatable bonds is 15. The molecule has 0 nitrogen and oxygen atoms in total. The lowest BCUT2D eigenvalue weighted by Crippen LogP contribution is -2.35. The second kappa shape index (κ2) is 14.1. The highest BCUT2D eigenvalue weighted by Crippen LogP contribution is 2.47. The molecule has 0 heterocycles. The monoisotopic (exact) mass is 380 g/mol. The first kappa shape index (κ1) is 24.1. The summed E-state index contributed by atoms with van der Waals surface area (Å²) >= 11 is 2.30. The topological polar surface area (TPSA) is 0 Å². The molecule has 0 aromatic rings. The van der Waals surface area contributed by atoms with Crippen LogP contribution in [0.5, 0.6) is 0 Å². The van der Waals surface area contributed by atoms with E-state index < -0.39 is 0 Å². The molecule has 2 unspecified atom stereocenters. The van der Waals surface area contributed by atoms with Gasteiger partial charge in [-0.2, -0.15) is 11.8 Å². The van der Waals surface area contributed by atoms with E-state index in [0.29, 0.717) is 5.41 Å². The highest BCUT2D eigenvalue weighted by atomic mass is 32.2. The van der Waals surface area contributed by atoms with Crippen molar-refractivity contribution in [1.29, 1.82) is 0 Å². The summed E-state index contributed by atoms with van der Waals surface area (Å²) in [6.45, 7) is 12.1. The zero-order chi connectivity index (χ0) is 19.3. The number of thioether (sulfide) groups is 1. The van der Waals surface area contributed by atoms with Gasteiger partial charge in [-0.05, 0) is 49.7 Å². The SMILES string of the molecule is CCCCCCCCCCCCSC(CCC)C1C(C)=CCCC1(C)C. The summed E-state index contributed by atoms with van der Waals surface area (Å²) in [5.74, 6) is 2.17. The second-order valence-corrected chi connectivity index (χ2v) is 10.7. The van der Waals surface area contributed by atoms with Crippen molar-refractivity contribution in [3.05, 3.63) is 11.6 Å². The van der Waals surface area contributed by atoms with Crippen molar-refractivity contribution in [2.24, 2.45) is 11.3 Å². The molecule has 0 radical (unpaired) electrons. The molecule has 154 valence electrons. The second-order valence-electron chi connectivity index (χ2n) is 9.33. The van der Waals surface area contributed by atoms with Crippen molar-refractivity contribution in [1.82, 2.24) is 0 Å². The number of unbranched alkanes of at least 4 members (excludes halogenated alkanes) is 9. The lowest BCUT2D eigenvalue weighted by molar-refractivity contribution is 0.206. The fourth-order valence-electron chi connectivity index (χ4n) is 4.82. The molecule has 0 N–H and O–H groups in total. The fraction of sp³-hybridized carbons (Fsp3) is 0.920. The third-order valence-electron chi connectivity index (χ3n) is 6.36. The summed E-state index contributed by atoms with van der Waals surface area (Å²) in [5.41, 5.74) is 2.17. The summed E-state index contributed by atoms with van der Waals surface area (Å²) < 4.78 is 0. The predicted molar refractivity (Wildman–Crippen MR) is 123 cm³/mol. The Bertz CT molecular complexity index is 368. The quantitative estimate of drug-likeness (QED) is 0.201. The van der Waals surface area contributed by atoms with E-state index in [1.165, 1.54) is 95.6 Å². The van der Waals surface area contributed by atoms with Crippen molar-refractivity contribution in [3.63, 3.8) is 0 Å². The van der Waals surface area contributed by atoms with Crippen LogP contribution in [0.4, 0.5) is 0 Å². The maximum absolute atomic E-state index is 2.53. The molecule has 1 aliphatic rings. The minimum atomic E-state index is 0.490. The van der Waals surface area contributed by atoms with E-state index in [1.807, 2.05) is 0 Å². The molecular formula is C25H48S. The average Bonchev–Trinajstić information content (AvgIpc) is 2.58. The van der Waals surface area contributed by atoms with Gasteiger partial charge in [0.2, 0.25) is 0 Å². The van der Waals surface area contributed by atoms with Crippen molar-refractivity contribution in [3.8, 4) is 0 Å². The normalized spacial score (nSPS) is 20.8. The Hall–Kier alpha value is 0.0900. The third-order valence-corrected chi connectivity index (χ3v) is 7.82. The van der Waals surface area contributed by atoms with E-state index in [1.54, 1.807) is 5.57 Å². The Morgan fingerprint density at radius 3 is 2.04 bits per heavy atom. The number of hydrogen-bond acceptors (Lipinski definition) is 1. The van der Waals surface area contributed by atoms with Crippen LogP contribution in [0.1, 0.15) is 125 Å². The number of hydrogen-bond donors (Lipinski definition) is 0. The van der Waals surface area contributed by atoms with E-state index in [9.17, 15) is 0 Å². The maximum Gasteiger partial charge on any atom is 0.0117 e. The fourth-order valence-corrected chi connectivity index (χ4v) is 6.67. The van der Waals surface area contributed by atoms with Gasteiger partial charge in [-0.15, -0.1) is 0 Å². The van der Waals surface area contributed by atoms with Crippen LogP contribution in [0.25, 0.3) is 0 Å². The Morgan fingerprint density at radius 1 is 0.923 bits per heavy atom. The van der Waals surface area contributed by atoms with Crippen molar-refractivity contribution >= 4 is 11.8 Å². The highest BCUT2D eigenvalue weighted by Gasteiger charge is 2.37. The molecule has 0 amide bonds. The minimum Gasteiger partial charge on any atom is -0.158 e. The van der Waals surface area contributed by atoms with E-state index >= 15 is 0 Å². The molecule has 0 aromatic heterocycles. The van der Waals surface area contributed by atoms with Crippen molar-refractivity contribution in [2.75, 3.05) is 5.75 Å². The van der Waals surface area contributed by atoms with Crippen LogP contribution >= 0.6 is 11.8 Å². The molecule has 0 bridgehead atoms. The summed E-state index contributed by atoms with van der Waals surface area (Å²) in [5, 5.41) is 0.838. The van der Waals surface area contributed by atoms with Crippen LogP contribution in [0, 0.1) is 11.3 Å². The Balaban J connectivity index is 2.20. The standard InChI is InChI=1S/C25H48S/c1-6-8-9-10-11-12-13-14-15-16-21-26-23(18-7-2)24-22(3)19-17-20-25(24,4)5/h19,23-24H,6-18,20-21H2,1-5H3. The molecule has 2 atom stereocenters. The van der Waals surface area contributed by atoms with Crippen LogP contribution in [-0.2, 0) is 0 Å². The lowest BCUT2D eigenvalue weighted by atomic mass is 9.66. The lowest BCUT2D eigenvalue weighted by Gasteiger charge is -2.43. The van der Waals surface area contributed by atoms with Crippen molar-refractivity contribution in [2.45, 2.75) is 130 Å². The Kier molecular flexibility index (Phi) is 13.1. The molecule has 26 heavy (non-hydrogen) atoms.